The van der Waals surface area contributed by atoms with Gasteiger partial charge in [0.2, 0.25) is 0 Å². The Morgan fingerprint density at radius 3 is 2.58 bits per heavy atom. The quantitative estimate of drug-likeness (QED) is 0.684. The molecule has 1 aromatic carbocycles. The van der Waals surface area contributed by atoms with Crippen LogP contribution in [0.25, 0.3) is 0 Å². The average Bonchev–Trinajstić information content (AvgIpc) is 2.46. The maximum atomic E-state index is 5.25. The molecule has 0 aliphatic carbocycles. The highest BCUT2D eigenvalue weighted by Gasteiger charge is 2.19. The number of ether oxygens (including phenoxy) is 1. The molecular formula is C15H15Br2NO. The van der Waals surface area contributed by atoms with Crippen molar-refractivity contribution in [2.75, 3.05) is 7.11 Å². The molecule has 100 valence electrons. The fraction of sp³-hybridized carbons (Fsp3) is 0.267. The first-order valence-corrected chi connectivity index (χ1v) is 7.72. The van der Waals surface area contributed by atoms with Crippen LogP contribution in [-0.4, -0.2) is 12.1 Å². The summed E-state index contributed by atoms with van der Waals surface area (Å²) in [6, 6.07) is 12.1. The summed E-state index contributed by atoms with van der Waals surface area (Å²) >= 11 is 7.29. The molecule has 0 bridgehead atoms. The number of halogens is 2. The van der Waals surface area contributed by atoms with Gasteiger partial charge in [-0.25, -0.2) is 0 Å². The van der Waals surface area contributed by atoms with Gasteiger partial charge in [0.25, 0.3) is 0 Å². The maximum Gasteiger partial charge on any atom is 0.133 e. The normalized spacial score (nSPS) is 13.9. The number of aromatic nitrogens is 1. The van der Waals surface area contributed by atoms with Crippen molar-refractivity contribution in [3.63, 3.8) is 0 Å². The Labute approximate surface area is 130 Å². The first-order chi connectivity index (χ1) is 9.13. The van der Waals surface area contributed by atoms with Crippen LogP contribution < -0.4 is 4.74 Å². The third kappa shape index (κ3) is 3.37. The van der Waals surface area contributed by atoms with Gasteiger partial charge in [0.15, 0.2) is 0 Å². The van der Waals surface area contributed by atoms with Crippen molar-refractivity contribution in [2.45, 2.75) is 17.7 Å². The molecule has 0 fully saturated rings. The first kappa shape index (κ1) is 14.5. The standard InChI is InChI=1S/C15H15Br2NO/c1-10(13-5-3-4-8-18-13)15(17)11-6-7-14(19-2)12(16)9-11/h3-10,15H,1-2H3. The van der Waals surface area contributed by atoms with E-state index >= 15 is 0 Å². The second-order valence-electron chi connectivity index (χ2n) is 4.34. The van der Waals surface area contributed by atoms with Gasteiger partial charge >= 0.3 is 0 Å². The van der Waals surface area contributed by atoms with Gasteiger partial charge in [-0.05, 0) is 45.8 Å². The summed E-state index contributed by atoms with van der Waals surface area (Å²) in [5.74, 6) is 1.13. The van der Waals surface area contributed by atoms with E-state index in [1.54, 1.807) is 7.11 Å². The molecule has 0 saturated carbocycles. The van der Waals surface area contributed by atoms with Crippen molar-refractivity contribution < 1.29 is 4.74 Å². The third-order valence-electron chi connectivity index (χ3n) is 3.09. The molecule has 0 aliphatic rings. The van der Waals surface area contributed by atoms with Crippen molar-refractivity contribution in [3.05, 3.63) is 58.3 Å². The van der Waals surface area contributed by atoms with Crippen molar-refractivity contribution in [1.29, 1.82) is 0 Å². The topological polar surface area (TPSA) is 22.1 Å². The van der Waals surface area contributed by atoms with Crippen LogP contribution in [0.5, 0.6) is 5.75 Å². The highest BCUT2D eigenvalue weighted by Crippen LogP contribution is 2.39. The lowest BCUT2D eigenvalue weighted by atomic mass is 9.97. The van der Waals surface area contributed by atoms with E-state index in [9.17, 15) is 0 Å². The number of nitrogens with zero attached hydrogens (tertiary/aromatic N) is 1. The monoisotopic (exact) mass is 383 g/mol. The fourth-order valence-corrected chi connectivity index (χ4v) is 3.05. The van der Waals surface area contributed by atoms with E-state index in [0.29, 0.717) is 5.92 Å². The van der Waals surface area contributed by atoms with Gasteiger partial charge < -0.3 is 4.74 Å². The molecule has 0 saturated heterocycles. The molecule has 2 unspecified atom stereocenters. The number of methoxy groups -OCH3 is 1. The highest BCUT2D eigenvalue weighted by atomic mass is 79.9. The summed E-state index contributed by atoms with van der Waals surface area (Å²) in [6.07, 6.45) is 1.83. The number of pyridine rings is 1. The predicted molar refractivity (Wildman–Crippen MR) is 85.0 cm³/mol. The molecule has 2 atom stereocenters. The van der Waals surface area contributed by atoms with Crippen LogP contribution in [0.15, 0.2) is 47.1 Å². The Hall–Kier alpha value is -0.870. The van der Waals surface area contributed by atoms with E-state index in [1.807, 2.05) is 24.4 Å². The van der Waals surface area contributed by atoms with Crippen LogP contribution in [0.3, 0.4) is 0 Å². The molecule has 2 aromatic rings. The molecule has 19 heavy (non-hydrogen) atoms. The Morgan fingerprint density at radius 2 is 2.00 bits per heavy atom. The van der Waals surface area contributed by atoms with Gasteiger partial charge in [-0.2, -0.15) is 0 Å². The van der Waals surface area contributed by atoms with Crippen molar-refractivity contribution in [3.8, 4) is 5.75 Å². The molecule has 2 rings (SSSR count). The minimum Gasteiger partial charge on any atom is -0.496 e. The number of hydrogen-bond acceptors (Lipinski definition) is 2. The van der Waals surface area contributed by atoms with Crippen LogP contribution in [0.2, 0.25) is 0 Å². The molecule has 2 nitrogen and oxygen atoms in total. The zero-order valence-corrected chi connectivity index (χ0v) is 14.0. The van der Waals surface area contributed by atoms with E-state index in [0.717, 1.165) is 15.9 Å². The lowest BCUT2D eigenvalue weighted by Crippen LogP contribution is -2.04. The lowest BCUT2D eigenvalue weighted by molar-refractivity contribution is 0.412. The molecule has 1 heterocycles. The van der Waals surface area contributed by atoms with Crippen LogP contribution in [0, 0.1) is 0 Å². The number of alkyl halides is 1. The van der Waals surface area contributed by atoms with Gasteiger partial charge in [0, 0.05) is 22.6 Å². The second-order valence-corrected chi connectivity index (χ2v) is 6.18. The van der Waals surface area contributed by atoms with Gasteiger partial charge in [-0.1, -0.05) is 35.0 Å². The second kappa shape index (κ2) is 6.53. The van der Waals surface area contributed by atoms with Crippen LogP contribution in [0.4, 0.5) is 0 Å². The summed E-state index contributed by atoms with van der Waals surface area (Å²) in [4.78, 5) is 4.63. The van der Waals surface area contributed by atoms with E-state index in [-0.39, 0.29) is 4.83 Å². The first-order valence-electron chi connectivity index (χ1n) is 6.02. The van der Waals surface area contributed by atoms with E-state index in [1.165, 1.54) is 5.56 Å². The lowest BCUT2D eigenvalue weighted by Gasteiger charge is -2.19. The van der Waals surface area contributed by atoms with Crippen LogP contribution in [-0.2, 0) is 0 Å². The average molecular weight is 385 g/mol. The fourth-order valence-electron chi connectivity index (χ4n) is 1.94. The van der Waals surface area contributed by atoms with Crippen LogP contribution >= 0.6 is 31.9 Å². The zero-order chi connectivity index (χ0) is 13.8. The SMILES string of the molecule is COc1ccc(C(Br)C(C)c2ccccn2)cc1Br. The Balaban J connectivity index is 2.24. The molecule has 0 radical (unpaired) electrons. The van der Waals surface area contributed by atoms with Gasteiger partial charge in [0.05, 0.1) is 11.6 Å². The molecule has 1 aromatic heterocycles. The third-order valence-corrected chi connectivity index (χ3v) is 5.03. The summed E-state index contributed by atoms with van der Waals surface area (Å²) in [6.45, 7) is 2.17. The minimum atomic E-state index is 0.213. The van der Waals surface area contributed by atoms with E-state index in [4.69, 9.17) is 4.74 Å². The molecule has 0 N–H and O–H groups in total. The molecule has 4 heteroatoms. The van der Waals surface area contributed by atoms with E-state index in [2.05, 4.69) is 62.0 Å². The summed E-state index contributed by atoms with van der Waals surface area (Å²) in [5, 5.41) is 0. The minimum absolute atomic E-state index is 0.213. The number of benzene rings is 1. The maximum absolute atomic E-state index is 5.25. The van der Waals surface area contributed by atoms with Gasteiger partial charge in [0.1, 0.15) is 5.75 Å². The largest absolute Gasteiger partial charge is 0.496 e. The predicted octanol–water partition coefficient (Wildman–Crippen LogP) is 5.09. The summed E-state index contributed by atoms with van der Waals surface area (Å²) in [5.41, 5.74) is 2.28. The molecule has 0 spiro atoms. The molecule has 0 amide bonds. The Kier molecular flexibility index (Phi) is 4.99. The van der Waals surface area contributed by atoms with Crippen molar-refractivity contribution in [2.24, 2.45) is 0 Å². The van der Waals surface area contributed by atoms with Gasteiger partial charge in [-0.3, -0.25) is 4.98 Å². The van der Waals surface area contributed by atoms with Crippen molar-refractivity contribution >= 4 is 31.9 Å². The smallest absolute Gasteiger partial charge is 0.133 e. The highest BCUT2D eigenvalue weighted by molar-refractivity contribution is 9.10. The van der Waals surface area contributed by atoms with Gasteiger partial charge in [-0.15, -0.1) is 0 Å². The molecular weight excluding hydrogens is 370 g/mol. The van der Waals surface area contributed by atoms with Crippen molar-refractivity contribution in [1.82, 2.24) is 4.98 Å². The Morgan fingerprint density at radius 1 is 1.21 bits per heavy atom. The van der Waals surface area contributed by atoms with E-state index < -0.39 is 0 Å². The zero-order valence-electron chi connectivity index (χ0n) is 10.8. The summed E-state index contributed by atoms with van der Waals surface area (Å²) in [7, 11) is 1.67. The molecule has 0 aliphatic heterocycles. The summed E-state index contributed by atoms with van der Waals surface area (Å²) < 4.78 is 6.21. The number of hydrogen-bond donors (Lipinski definition) is 0. The number of rotatable bonds is 4. The van der Waals surface area contributed by atoms with Crippen LogP contribution in [0.1, 0.15) is 28.9 Å². The Bertz CT molecular complexity index is 545.